The van der Waals surface area contributed by atoms with Crippen molar-refractivity contribution in [1.29, 1.82) is 0 Å². The van der Waals surface area contributed by atoms with Crippen LogP contribution in [0.25, 0.3) is 5.69 Å². The summed E-state index contributed by atoms with van der Waals surface area (Å²) in [5, 5.41) is 0. The van der Waals surface area contributed by atoms with Gasteiger partial charge in [-0.3, -0.25) is 0 Å². The Morgan fingerprint density at radius 2 is 2.18 bits per heavy atom. The molecule has 90 valence electrons. The van der Waals surface area contributed by atoms with Gasteiger partial charge in [-0.1, -0.05) is 0 Å². The molecular weight excluding hydrogens is 218 g/mol. The third-order valence-corrected chi connectivity index (χ3v) is 2.29. The maximum Gasteiger partial charge on any atom is 0.241 e. The summed E-state index contributed by atoms with van der Waals surface area (Å²) in [5.74, 6) is 1.08. The van der Waals surface area contributed by atoms with E-state index in [4.69, 9.17) is 9.47 Å². The molecule has 0 aliphatic carbocycles. The number of pyridine rings is 1. The van der Waals surface area contributed by atoms with Crippen molar-refractivity contribution >= 4 is 0 Å². The Labute approximate surface area is 100 Å². The number of hydrogen-bond donors (Lipinski definition) is 0. The number of methoxy groups -OCH3 is 1. The largest absolute Gasteiger partial charge is 0.479 e. The summed E-state index contributed by atoms with van der Waals surface area (Å²) in [4.78, 5) is 8.45. The Balaban J connectivity index is 2.40. The van der Waals surface area contributed by atoms with Crippen LogP contribution < -0.4 is 9.47 Å². The van der Waals surface area contributed by atoms with Crippen molar-refractivity contribution in [3.8, 4) is 17.4 Å². The molecule has 0 aliphatic heterocycles. The first-order valence-electron chi connectivity index (χ1n) is 5.43. The number of imidazole rings is 1. The minimum atomic E-state index is 0.522. The van der Waals surface area contributed by atoms with Gasteiger partial charge < -0.3 is 14.0 Å². The van der Waals surface area contributed by atoms with Gasteiger partial charge in [-0.25, -0.2) is 4.98 Å². The van der Waals surface area contributed by atoms with E-state index in [0.717, 1.165) is 11.4 Å². The van der Waals surface area contributed by atoms with E-state index < -0.39 is 0 Å². The molecular formula is C12H15N3O2. The van der Waals surface area contributed by atoms with Crippen molar-refractivity contribution < 1.29 is 9.47 Å². The molecule has 0 spiro atoms. The fourth-order valence-corrected chi connectivity index (χ4v) is 1.54. The molecule has 17 heavy (non-hydrogen) atoms. The van der Waals surface area contributed by atoms with Crippen LogP contribution >= 0.6 is 0 Å². The molecule has 5 nitrogen and oxygen atoms in total. The standard InChI is InChI=1S/C12H15N3O2/c1-4-17-11-6-5-10(12(14-11)16-3)15-7-9(2)13-8-15/h5-8H,4H2,1-3H3. The molecule has 0 atom stereocenters. The summed E-state index contributed by atoms with van der Waals surface area (Å²) in [5.41, 5.74) is 1.79. The molecule has 0 amide bonds. The van der Waals surface area contributed by atoms with Crippen LogP contribution in [0.3, 0.4) is 0 Å². The van der Waals surface area contributed by atoms with Crippen LogP contribution in [-0.4, -0.2) is 28.3 Å². The minimum Gasteiger partial charge on any atom is -0.479 e. The molecule has 0 aromatic carbocycles. The average molecular weight is 233 g/mol. The Bertz CT molecular complexity index is 508. The summed E-state index contributed by atoms with van der Waals surface area (Å²) in [6, 6.07) is 3.72. The topological polar surface area (TPSA) is 49.2 Å². The van der Waals surface area contributed by atoms with Crippen molar-refractivity contribution in [3.05, 3.63) is 30.4 Å². The van der Waals surface area contributed by atoms with E-state index in [0.29, 0.717) is 18.4 Å². The van der Waals surface area contributed by atoms with E-state index in [9.17, 15) is 0 Å². The van der Waals surface area contributed by atoms with E-state index in [-0.39, 0.29) is 0 Å². The molecule has 0 N–H and O–H groups in total. The third kappa shape index (κ3) is 2.38. The molecule has 0 bridgehead atoms. The van der Waals surface area contributed by atoms with Crippen molar-refractivity contribution in [3.63, 3.8) is 0 Å². The molecule has 2 heterocycles. The predicted octanol–water partition coefficient (Wildman–Crippen LogP) is 1.98. The number of ether oxygens (including phenoxy) is 2. The van der Waals surface area contributed by atoms with Gasteiger partial charge in [0.2, 0.25) is 11.8 Å². The van der Waals surface area contributed by atoms with E-state index in [2.05, 4.69) is 9.97 Å². The van der Waals surface area contributed by atoms with Crippen LogP contribution in [0.5, 0.6) is 11.8 Å². The number of aromatic nitrogens is 3. The molecule has 0 radical (unpaired) electrons. The Kier molecular flexibility index (Phi) is 3.27. The lowest BCUT2D eigenvalue weighted by Gasteiger charge is -2.09. The van der Waals surface area contributed by atoms with Crippen LogP contribution in [0.15, 0.2) is 24.7 Å². The SMILES string of the molecule is CCOc1ccc(-n2cnc(C)c2)c(OC)n1. The zero-order chi connectivity index (χ0) is 12.3. The molecule has 0 aliphatic rings. The zero-order valence-corrected chi connectivity index (χ0v) is 10.2. The number of nitrogens with zero attached hydrogens (tertiary/aromatic N) is 3. The highest BCUT2D eigenvalue weighted by molar-refractivity contribution is 5.44. The molecule has 0 saturated heterocycles. The van der Waals surface area contributed by atoms with Gasteiger partial charge in [-0.15, -0.1) is 0 Å². The van der Waals surface area contributed by atoms with Crippen LogP contribution in [0.2, 0.25) is 0 Å². The smallest absolute Gasteiger partial charge is 0.241 e. The minimum absolute atomic E-state index is 0.522. The second-order valence-electron chi connectivity index (χ2n) is 3.53. The highest BCUT2D eigenvalue weighted by Gasteiger charge is 2.09. The second kappa shape index (κ2) is 4.86. The highest BCUT2D eigenvalue weighted by atomic mass is 16.5. The molecule has 0 unspecified atom stereocenters. The monoisotopic (exact) mass is 233 g/mol. The fraction of sp³-hybridized carbons (Fsp3) is 0.333. The number of aryl methyl sites for hydroxylation is 1. The maximum absolute atomic E-state index is 5.33. The Hall–Kier alpha value is -2.04. The first-order valence-corrected chi connectivity index (χ1v) is 5.43. The fourth-order valence-electron chi connectivity index (χ4n) is 1.54. The molecule has 0 saturated carbocycles. The Morgan fingerprint density at radius 3 is 2.76 bits per heavy atom. The summed E-state index contributed by atoms with van der Waals surface area (Å²) in [6.45, 7) is 4.44. The summed E-state index contributed by atoms with van der Waals surface area (Å²) in [7, 11) is 1.59. The predicted molar refractivity (Wildman–Crippen MR) is 63.8 cm³/mol. The van der Waals surface area contributed by atoms with Gasteiger partial charge in [0.05, 0.1) is 25.7 Å². The lowest BCUT2D eigenvalue weighted by atomic mass is 10.4. The van der Waals surface area contributed by atoms with Gasteiger partial charge in [0, 0.05) is 12.3 Å². The van der Waals surface area contributed by atoms with Crippen molar-refractivity contribution in [1.82, 2.24) is 14.5 Å². The second-order valence-corrected chi connectivity index (χ2v) is 3.53. The van der Waals surface area contributed by atoms with E-state index in [1.54, 1.807) is 13.4 Å². The van der Waals surface area contributed by atoms with Gasteiger partial charge in [0.25, 0.3) is 0 Å². The van der Waals surface area contributed by atoms with Crippen molar-refractivity contribution in [2.45, 2.75) is 13.8 Å². The van der Waals surface area contributed by atoms with Gasteiger partial charge in [-0.2, -0.15) is 4.98 Å². The molecule has 2 aromatic rings. The first-order chi connectivity index (χ1) is 8.24. The van der Waals surface area contributed by atoms with Gasteiger partial charge in [0.1, 0.15) is 5.69 Å². The summed E-state index contributed by atoms with van der Waals surface area (Å²) < 4.78 is 12.5. The molecule has 2 rings (SSSR count). The average Bonchev–Trinajstić information content (AvgIpc) is 2.76. The van der Waals surface area contributed by atoms with Crippen LogP contribution in [-0.2, 0) is 0 Å². The van der Waals surface area contributed by atoms with Gasteiger partial charge in [0.15, 0.2) is 0 Å². The van der Waals surface area contributed by atoms with E-state index >= 15 is 0 Å². The van der Waals surface area contributed by atoms with Gasteiger partial charge >= 0.3 is 0 Å². The van der Waals surface area contributed by atoms with Crippen molar-refractivity contribution in [2.75, 3.05) is 13.7 Å². The molecule has 5 heteroatoms. The lowest BCUT2D eigenvalue weighted by molar-refractivity contribution is 0.316. The summed E-state index contributed by atoms with van der Waals surface area (Å²) >= 11 is 0. The summed E-state index contributed by atoms with van der Waals surface area (Å²) in [6.07, 6.45) is 3.65. The van der Waals surface area contributed by atoms with Crippen molar-refractivity contribution in [2.24, 2.45) is 0 Å². The van der Waals surface area contributed by atoms with E-state index in [1.807, 2.05) is 36.7 Å². The third-order valence-electron chi connectivity index (χ3n) is 2.29. The number of hydrogen-bond acceptors (Lipinski definition) is 4. The van der Waals surface area contributed by atoms with E-state index in [1.165, 1.54) is 0 Å². The van der Waals surface area contributed by atoms with Crippen LogP contribution in [0.1, 0.15) is 12.6 Å². The lowest BCUT2D eigenvalue weighted by Crippen LogP contribution is -2.01. The normalized spacial score (nSPS) is 10.3. The Morgan fingerprint density at radius 1 is 1.35 bits per heavy atom. The highest BCUT2D eigenvalue weighted by Crippen LogP contribution is 2.23. The van der Waals surface area contributed by atoms with Gasteiger partial charge in [-0.05, 0) is 19.9 Å². The first kappa shape index (κ1) is 11.4. The molecule has 0 fully saturated rings. The maximum atomic E-state index is 5.33. The van der Waals surface area contributed by atoms with Crippen LogP contribution in [0, 0.1) is 6.92 Å². The quantitative estimate of drug-likeness (QED) is 0.810. The zero-order valence-electron chi connectivity index (χ0n) is 10.2. The van der Waals surface area contributed by atoms with Crippen LogP contribution in [0.4, 0.5) is 0 Å². The molecule has 2 aromatic heterocycles. The number of rotatable bonds is 4.